The third kappa shape index (κ3) is 8.30. The van der Waals surface area contributed by atoms with Gasteiger partial charge in [0.1, 0.15) is 0 Å². The molecule has 0 heterocycles. The van der Waals surface area contributed by atoms with Gasteiger partial charge in [0, 0.05) is 29.8 Å². The first-order valence-corrected chi connectivity index (χ1v) is 8.09. The van der Waals surface area contributed by atoms with Crippen LogP contribution in [0.2, 0.25) is 0 Å². The topological polar surface area (TPSA) is 21.3 Å². The Hall–Kier alpha value is -0.510. The zero-order chi connectivity index (χ0) is 14.1. The lowest BCUT2D eigenvalue weighted by Gasteiger charge is -2.10. The summed E-state index contributed by atoms with van der Waals surface area (Å²) in [6.45, 7) is 11.3. The lowest BCUT2D eigenvalue weighted by molar-refractivity contribution is 0.124. The molecule has 0 atom stereocenters. The van der Waals surface area contributed by atoms with Crippen LogP contribution >= 0.6 is 11.8 Å². The molecule has 0 radical (unpaired) electrons. The number of thioether (sulfide) groups is 1. The summed E-state index contributed by atoms with van der Waals surface area (Å²) in [6, 6.07) is 9.28. The molecule has 0 aliphatic heterocycles. The maximum Gasteiger partial charge on any atom is 0.0560 e. The van der Waals surface area contributed by atoms with Crippen LogP contribution in [0.25, 0.3) is 0 Å². The van der Waals surface area contributed by atoms with Crippen molar-refractivity contribution in [3.05, 3.63) is 29.8 Å². The van der Waals surface area contributed by atoms with E-state index in [1.54, 1.807) is 0 Å². The van der Waals surface area contributed by atoms with Crippen molar-refractivity contribution in [1.29, 1.82) is 0 Å². The Morgan fingerprint density at radius 2 is 2.00 bits per heavy atom. The molecule has 0 saturated carbocycles. The smallest absolute Gasteiger partial charge is 0.0560 e. The van der Waals surface area contributed by atoms with Crippen LogP contribution in [-0.4, -0.2) is 25.0 Å². The first kappa shape index (κ1) is 16.5. The third-order valence-corrected chi connectivity index (χ3v) is 3.52. The van der Waals surface area contributed by atoms with Crippen molar-refractivity contribution in [2.45, 2.75) is 45.2 Å². The minimum atomic E-state index is 0.528. The summed E-state index contributed by atoms with van der Waals surface area (Å²) in [5.41, 5.74) is 1.35. The van der Waals surface area contributed by atoms with Crippen molar-refractivity contribution in [1.82, 2.24) is 5.32 Å². The second kappa shape index (κ2) is 9.40. The van der Waals surface area contributed by atoms with Crippen LogP contribution in [0.3, 0.4) is 0 Å². The molecule has 19 heavy (non-hydrogen) atoms. The fraction of sp³-hybridized carbons (Fsp3) is 0.625. The zero-order valence-electron chi connectivity index (χ0n) is 12.6. The molecule has 0 unspecified atom stereocenters. The average molecular weight is 281 g/mol. The molecule has 3 heteroatoms. The Kier molecular flexibility index (Phi) is 8.19. The summed E-state index contributed by atoms with van der Waals surface area (Å²) < 4.78 is 5.59. The SMILES string of the molecule is CC(C)COCCSc1cccc(CNC(C)C)c1. The highest BCUT2D eigenvalue weighted by atomic mass is 32.2. The molecule has 0 aromatic heterocycles. The Bertz CT molecular complexity index is 352. The van der Waals surface area contributed by atoms with E-state index in [1.165, 1.54) is 10.5 Å². The van der Waals surface area contributed by atoms with E-state index in [-0.39, 0.29) is 0 Å². The van der Waals surface area contributed by atoms with Gasteiger partial charge in [-0.1, -0.05) is 39.8 Å². The van der Waals surface area contributed by atoms with Crippen LogP contribution in [0.5, 0.6) is 0 Å². The molecule has 108 valence electrons. The van der Waals surface area contributed by atoms with Crippen molar-refractivity contribution < 1.29 is 4.74 Å². The molecule has 1 aromatic carbocycles. The monoisotopic (exact) mass is 281 g/mol. The highest BCUT2D eigenvalue weighted by molar-refractivity contribution is 7.99. The summed E-state index contributed by atoms with van der Waals surface area (Å²) in [5, 5.41) is 3.44. The molecule has 1 rings (SSSR count). The normalized spacial score (nSPS) is 11.5. The maximum atomic E-state index is 5.59. The van der Waals surface area contributed by atoms with Crippen LogP contribution in [-0.2, 0) is 11.3 Å². The number of nitrogens with one attached hydrogen (secondary N) is 1. The molecular weight excluding hydrogens is 254 g/mol. The van der Waals surface area contributed by atoms with Gasteiger partial charge >= 0.3 is 0 Å². The van der Waals surface area contributed by atoms with Crippen molar-refractivity contribution in [2.75, 3.05) is 19.0 Å². The molecule has 0 amide bonds. The van der Waals surface area contributed by atoms with Crippen molar-refractivity contribution >= 4 is 11.8 Å². The van der Waals surface area contributed by atoms with E-state index in [4.69, 9.17) is 4.74 Å². The average Bonchev–Trinajstić information content (AvgIpc) is 2.36. The Balaban J connectivity index is 2.27. The van der Waals surface area contributed by atoms with Gasteiger partial charge < -0.3 is 10.1 Å². The summed E-state index contributed by atoms with van der Waals surface area (Å²) in [7, 11) is 0. The van der Waals surface area contributed by atoms with Crippen molar-refractivity contribution in [2.24, 2.45) is 5.92 Å². The fourth-order valence-corrected chi connectivity index (χ4v) is 2.45. The second-order valence-electron chi connectivity index (χ2n) is 5.50. The molecule has 0 fully saturated rings. The summed E-state index contributed by atoms with van der Waals surface area (Å²) >= 11 is 1.87. The lowest BCUT2D eigenvalue weighted by atomic mass is 10.2. The Labute approximate surface area is 122 Å². The van der Waals surface area contributed by atoms with Gasteiger partial charge in [0.15, 0.2) is 0 Å². The third-order valence-electron chi connectivity index (χ3n) is 2.56. The molecule has 0 spiro atoms. The van der Waals surface area contributed by atoms with E-state index in [2.05, 4.69) is 57.3 Å². The van der Waals surface area contributed by atoms with Crippen LogP contribution in [0.15, 0.2) is 29.2 Å². The van der Waals surface area contributed by atoms with Crippen LogP contribution < -0.4 is 5.32 Å². The van der Waals surface area contributed by atoms with Gasteiger partial charge in [-0.2, -0.15) is 0 Å². The maximum absolute atomic E-state index is 5.59. The minimum absolute atomic E-state index is 0.528. The van der Waals surface area contributed by atoms with E-state index in [1.807, 2.05) is 11.8 Å². The van der Waals surface area contributed by atoms with E-state index < -0.39 is 0 Å². The predicted octanol–water partition coefficient (Wildman–Crippen LogP) is 3.95. The van der Waals surface area contributed by atoms with Crippen LogP contribution in [0, 0.1) is 5.92 Å². The van der Waals surface area contributed by atoms with Crippen LogP contribution in [0.1, 0.15) is 33.3 Å². The lowest BCUT2D eigenvalue weighted by Crippen LogP contribution is -2.21. The van der Waals surface area contributed by atoms with Crippen LogP contribution in [0.4, 0.5) is 0 Å². The molecule has 0 aliphatic carbocycles. The Morgan fingerprint density at radius 3 is 2.68 bits per heavy atom. The molecule has 1 aromatic rings. The second-order valence-corrected chi connectivity index (χ2v) is 6.67. The number of ether oxygens (including phenoxy) is 1. The fourth-order valence-electron chi connectivity index (χ4n) is 1.60. The molecule has 0 bridgehead atoms. The number of rotatable bonds is 9. The molecular formula is C16H27NOS. The van der Waals surface area contributed by atoms with E-state index in [0.717, 1.165) is 25.5 Å². The van der Waals surface area contributed by atoms with Crippen molar-refractivity contribution in [3.63, 3.8) is 0 Å². The summed E-state index contributed by atoms with van der Waals surface area (Å²) in [5.74, 6) is 1.64. The first-order valence-electron chi connectivity index (χ1n) is 7.10. The highest BCUT2D eigenvalue weighted by Crippen LogP contribution is 2.19. The van der Waals surface area contributed by atoms with Crippen molar-refractivity contribution in [3.8, 4) is 0 Å². The van der Waals surface area contributed by atoms with Gasteiger partial charge in [0.2, 0.25) is 0 Å². The standard InChI is InChI=1S/C16H27NOS/c1-13(2)12-18-8-9-19-16-7-5-6-15(10-16)11-17-14(3)4/h5-7,10,13-14,17H,8-9,11-12H2,1-4H3. The largest absolute Gasteiger partial charge is 0.380 e. The molecule has 0 aliphatic rings. The van der Waals surface area contributed by atoms with Gasteiger partial charge in [0.05, 0.1) is 6.61 Å². The number of hydrogen-bond acceptors (Lipinski definition) is 3. The molecule has 0 saturated heterocycles. The molecule has 1 N–H and O–H groups in total. The van der Waals surface area contributed by atoms with Gasteiger partial charge in [-0.25, -0.2) is 0 Å². The van der Waals surface area contributed by atoms with E-state index in [9.17, 15) is 0 Å². The zero-order valence-corrected chi connectivity index (χ0v) is 13.4. The predicted molar refractivity (Wildman–Crippen MR) is 84.8 cm³/mol. The van der Waals surface area contributed by atoms with Gasteiger partial charge in [-0.05, 0) is 23.6 Å². The Morgan fingerprint density at radius 1 is 1.21 bits per heavy atom. The minimum Gasteiger partial charge on any atom is -0.380 e. The molecule has 2 nitrogen and oxygen atoms in total. The van der Waals surface area contributed by atoms with E-state index >= 15 is 0 Å². The van der Waals surface area contributed by atoms with E-state index in [0.29, 0.717) is 12.0 Å². The van der Waals surface area contributed by atoms with Gasteiger partial charge in [-0.3, -0.25) is 0 Å². The summed E-state index contributed by atoms with van der Waals surface area (Å²) in [4.78, 5) is 1.33. The van der Waals surface area contributed by atoms with Gasteiger partial charge in [0.25, 0.3) is 0 Å². The quantitative estimate of drug-likeness (QED) is 0.547. The van der Waals surface area contributed by atoms with Gasteiger partial charge in [-0.15, -0.1) is 11.8 Å². The summed E-state index contributed by atoms with van der Waals surface area (Å²) in [6.07, 6.45) is 0. The number of hydrogen-bond donors (Lipinski definition) is 1. The first-order chi connectivity index (χ1) is 9.08. The number of benzene rings is 1. The highest BCUT2D eigenvalue weighted by Gasteiger charge is 1.99.